The van der Waals surface area contributed by atoms with Gasteiger partial charge in [-0.2, -0.15) is 5.26 Å². The molecule has 2 heterocycles. The predicted octanol–water partition coefficient (Wildman–Crippen LogP) is 2.59. The minimum absolute atomic E-state index is 0.480. The van der Waals surface area contributed by atoms with Crippen molar-refractivity contribution in [1.29, 1.82) is 5.26 Å². The van der Waals surface area contributed by atoms with E-state index in [0.717, 1.165) is 31.9 Å². The zero-order chi connectivity index (χ0) is 14.7. The number of aryl methyl sites for hydroxylation is 1. The molecule has 0 unspecified atom stereocenters. The maximum atomic E-state index is 8.94. The van der Waals surface area contributed by atoms with Gasteiger partial charge in [0.05, 0.1) is 0 Å². The number of nitrogens with zero attached hydrogens (tertiary/aromatic N) is 4. The van der Waals surface area contributed by atoms with E-state index in [9.17, 15) is 0 Å². The largest absolute Gasteiger partial charge is 0.368 e. The van der Waals surface area contributed by atoms with Crippen LogP contribution in [0.3, 0.4) is 0 Å². The Kier molecular flexibility index (Phi) is 3.74. The van der Waals surface area contributed by atoms with Gasteiger partial charge in [-0.15, -0.1) is 0 Å². The lowest BCUT2D eigenvalue weighted by molar-refractivity contribution is 0.653. The van der Waals surface area contributed by atoms with Gasteiger partial charge in [-0.1, -0.05) is 12.1 Å². The van der Waals surface area contributed by atoms with Crippen molar-refractivity contribution in [3.05, 3.63) is 53.9 Å². The number of pyridine rings is 1. The van der Waals surface area contributed by atoms with Gasteiger partial charge in [0.1, 0.15) is 11.8 Å². The molecule has 4 nitrogen and oxygen atoms in total. The lowest BCUT2D eigenvalue weighted by atomic mass is 10.2. The summed E-state index contributed by atoms with van der Waals surface area (Å²) in [6.07, 6.45) is 1.71. The second kappa shape index (κ2) is 5.84. The number of aromatic nitrogens is 1. The van der Waals surface area contributed by atoms with Crippen LogP contribution in [0.2, 0.25) is 0 Å². The zero-order valence-electron chi connectivity index (χ0n) is 12.2. The fourth-order valence-corrected chi connectivity index (χ4v) is 2.72. The molecule has 0 amide bonds. The van der Waals surface area contributed by atoms with E-state index in [2.05, 4.69) is 52.0 Å². The maximum absolute atomic E-state index is 8.94. The Labute approximate surface area is 125 Å². The molecule has 21 heavy (non-hydrogen) atoms. The van der Waals surface area contributed by atoms with E-state index in [0.29, 0.717) is 5.69 Å². The minimum atomic E-state index is 0.480. The Morgan fingerprint density at radius 3 is 2.29 bits per heavy atom. The highest BCUT2D eigenvalue weighted by Crippen LogP contribution is 2.21. The highest BCUT2D eigenvalue weighted by Gasteiger charge is 2.17. The molecule has 2 aromatic rings. The number of benzene rings is 1. The quantitative estimate of drug-likeness (QED) is 0.847. The number of hydrogen-bond donors (Lipinski definition) is 0. The van der Waals surface area contributed by atoms with E-state index in [-0.39, 0.29) is 0 Å². The summed E-state index contributed by atoms with van der Waals surface area (Å²) >= 11 is 0. The van der Waals surface area contributed by atoms with Crippen LogP contribution in [-0.4, -0.2) is 31.2 Å². The van der Waals surface area contributed by atoms with Crippen LogP contribution in [0.15, 0.2) is 42.6 Å². The molecular weight excluding hydrogens is 260 g/mol. The van der Waals surface area contributed by atoms with E-state index in [4.69, 9.17) is 5.26 Å². The van der Waals surface area contributed by atoms with Gasteiger partial charge < -0.3 is 9.80 Å². The van der Waals surface area contributed by atoms with E-state index < -0.39 is 0 Å². The molecule has 0 aliphatic carbocycles. The van der Waals surface area contributed by atoms with Crippen LogP contribution >= 0.6 is 0 Å². The van der Waals surface area contributed by atoms with Crippen LogP contribution in [0.5, 0.6) is 0 Å². The van der Waals surface area contributed by atoms with E-state index in [1.807, 2.05) is 12.1 Å². The highest BCUT2D eigenvalue weighted by atomic mass is 15.3. The summed E-state index contributed by atoms with van der Waals surface area (Å²) < 4.78 is 0. The van der Waals surface area contributed by atoms with Crippen LogP contribution in [-0.2, 0) is 0 Å². The van der Waals surface area contributed by atoms with Crippen molar-refractivity contribution in [3.8, 4) is 6.07 Å². The van der Waals surface area contributed by atoms with Gasteiger partial charge in [0.25, 0.3) is 0 Å². The standard InChI is InChI=1S/C17H18N4/c1-14-3-2-4-16(11-14)20-7-9-21(10-8-20)17-5-6-19-15(12-17)13-18/h2-6,11-12H,7-10H2,1H3. The van der Waals surface area contributed by atoms with Crippen molar-refractivity contribution >= 4 is 11.4 Å². The molecule has 0 radical (unpaired) electrons. The summed E-state index contributed by atoms with van der Waals surface area (Å²) in [5, 5.41) is 8.94. The molecule has 4 heteroatoms. The third-order valence-electron chi connectivity index (χ3n) is 3.87. The molecule has 106 valence electrons. The van der Waals surface area contributed by atoms with E-state index in [1.165, 1.54) is 11.3 Å². The third-order valence-corrected chi connectivity index (χ3v) is 3.87. The van der Waals surface area contributed by atoms with Crippen molar-refractivity contribution in [3.63, 3.8) is 0 Å². The van der Waals surface area contributed by atoms with Gasteiger partial charge >= 0.3 is 0 Å². The van der Waals surface area contributed by atoms with E-state index >= 15 is 0 Å². The van der Waals surface area contributed by atoms with Gasteiger partial charge in [0, 0.05) is 43.8 Å². The molecule has 1 aliphatic rings. The molecule has 1 aromatic heterocycles. The fraction of sp³-hybridized carbons (Fsp3) is 0.294. The molecule has 0 atom stereocenters. The number of nitriles is 1. The summed E-state index contributed by atoms with van der Waals surface area (Å²) in [6.45, 7) is 6.03. The summed E-state index contributed by atoms with van der Waals surface area (Å²) in [4.78, 5) is 8.75. The van der Waals surface area contributed by atoms with Crippen LogP contribution in [0, 0.1) is 18.3 Å². The Morgan fingerprint density at radius 2 is 1.67 bits per heavy atom. The summed E-state index contributed by atoms with van der Waals surface area (Å²) in [7, 11) is 0. The van der Waals surface area contributed by atoms with Crippen LogP contribution < -0.4 is 9.80 Å². The van der Waals surface area contributed by atoms with Crippen molar-refractivity contribution in [2.45, 2.75) is 6.92 Å². The van der Waals surface area contributed by atoms with Crippen molar-refractivity contribution in [1.82, 2.24) is 4.98 Å². The van der Waals surface area contributed by atoms with Crippen molar-refractivity contribution in [2.75, 3.05) is 36.0 Å². The first-order chi connectivity index (χ1) is 10.3. The molecule has 0 bridgehead atoms. The summed E-state index contributed by atoms with van der Waals surface area (Å²) in [5.41, 5.74) is 4.16. The van der Waals surface area contributed by atoms with Crippen LogP contribution in [0.4, 0.5) is 11.4 Å². The van der Waals surface area contributed by atoms with Crippen molar-refractivity contribution < 1.29 is 0 Å². The monoisotopic (exact) mass is 278 g/mol. The normalized spacial score (nSPS) is 14.9. The van der Waals surface area contributed by atoms with Gasteiger partial charge in [0.2, 0.25) is 0 Å². The van der Waals surface area contributed by atoms with Crippen LogP contribution in [0.1, 0.15) is 11.3 Å². The SMILES string of the molecule is Cc1cccc(N2CCN(c3ccnc(C#N)c3)CC2)c1. The van der Waals surface area contributed by atoms with Crippen LogP contribution in [0.25, 0.3) is 0 Å². The Morgan fingerprint density at radius 1 is 1.00 bits per heavy atom. The van der Waals surface area contributed by atoms with Crippen molar-refractivity contribution in [2.24, 2.45) is 0 Å². The molecular formula is C17H18N4. The average molecular weight is 278 g/mol. The highest BCUT2D eigenvalue weighted by molar-refractivity contribution is 5.53. The Bertz CT molecular complexity index is 666. The molecule has 1 saturated heterocycles. The Hall–Kier alpha value is -2.54. The first-order valence-corrected chi connectivity index (χ1v) is 7.19. The van der Waals surface area contributed by atoms with Gasteiger partial charge in [-0.05, 0) is 36.8 Å². The molecule has 0 spiro atoms. The predicted molar refractivity (Wildman–Crippen MR) is 84.6 cm³/mol. The minimum Gasteiger partial charge on any atom is -0.368 e. The molecule has 0 saturated carbocycles. The maximum Gasteiger partial charge on any atom is 0.142 e. The average Bonchev–Trinajstić information content (AvgIpc) is 2.55. The molecule has 1 aliphatic heterocycles. The smallest absolute Gasteiger partial charge is 0.142 e. The number of anilines is 2. The summed E-state index contributed by atoms with van der Waals surface area (Å²) in [5.74, 6) is 0. The molecule has 3 rings (SSSR count). The summed E-state index contributed by atoms with van der Waals surface area (Å²) in [6, 6.07) is 14.6. The fourth-order valence-electron chi connectivity index (χ4n) is 2.72. The first-order valence-electron chi connectivity index (χ1n) is 7.19. The third kappa shape index (κ3) is 2.97. The van der Waals surface area contributed by atoms with E-state index in [1.54, 1.807) is 6.20 Å². The lowest BCUT2D eigenvalue weighted by Gasteiger charge is -2.37. The van der Waals surface area contributed by atoms with Gasteiger partial charge in [-0.25, -0.2) is 4.98 Å². The number of rotatable bonds is 2. The Balaban J connectivity index is 1.69. The van der Waals surface area contributed by atoms with Gasteiger partial charge in [0.15, 0.2) is 0 Å². The molecule has 1 fully saturated rings. The zero-order valence-corrected chi connectivity index (χ0v) is 12.2. The van der Waals surface area contributed by atoms with Gasteiger partial charge in [-0.3, -0.25) is 0 Å². The lowest BCUT2D eigenvalue weighted by Crippen LogP contribution is -2.46. The number of hydrogen-bond acceptors (Lipinski definition) is 4. The molecule has 0 N–H and O–H groups in total. The number of piperazine rings is 1. The second-order valence-electron chi connectivity index (χ2n) is 5.32. The second-order valence-corrected chi connectivity index (χ2v) is 5.32. The topological polar surface area (TPSA) is 43.2 Å². The molecule has 1 aromatic carbocycles. The first kappa shape index (κ1) is 13.4.